The Bertz CT molecular complexity index is 771. The fraction of sp³-hybridized carbons (Fsp3) is 0.957. The van der Waals surface area contributed by atoms with E-state index in [0.717, 1.165) is 70.6 Å². The zero-order chi connectivity index (χ0) is 39.1. The molecule has 0 aliphatic heterocycles. The number of rotatable bonds is 42. The topological polar surface area (TPSA) is 71.4 Å². The molecule has 1 aliphatic carbocycles. The van der Waals surface area contributed by atoms with Gasteiger partial charge in [0.25, 0.3) is 0 Å². The summed E-state index contributed by atoms with van der Waals surface area (Å²) in [7, 11) is -2.29. The summed E-state index contributed by atoms with van der Waals surface area (Å²) in [5.74, 6) is 1.05. The molecule has 1 rings (SSSR count). The van der Waals surface area contributed by atoms with Crippen molar-refractivity contribution >= 4 is 8.56 Å². The maximum atomic E-state index is 9.22. The van der Waals surface area contributed by atoms with Crippen LogP contribution in [0.15, 0.2) is 12.2 Å². The second-order valence-corrected chi connectivity index (χ2v) is 20.5. The molecule has 0 heterocycles. The van der Waals surface area contributed by atoms with E-state index in [0.29, 0.717) is 13.1 Å². The Hall–Kier alpha value is -0.283. The lowest BCUT2D eigenvalue weighted by atomic mass is 9.85. The van der Waals surface area contributed by atoms with Gasteiger partial charge in [-0.25, -0.2) is 0 Å². The predicted octanol–water partition coefficient (Wildman–Crippen LogP) is 13.4. The summed E-state index contributed by atoms with van der Waals surface area (Å²) < 4.78 is 19.4. The molecule has 0 spiro atoms. The minimum atomic E-state index is -2.29. The Labute approximate surface area is 338 Å². The number of unbranched alkanes of at least 4 members (excludes halogenated alkanes) is 22. The minimum absolute atomic E-state index is 0.144. The van der Waals surface area contributed by atoms with Gasteiger partial charge >= 0.3 is 8.56 Å². The summed E-state index contributed by atoms with van der Waals surface area (Å²) >= 11 is 0. The normalized spacial score (nSPS) is 14.9. The van der Waals surface area contributed by atoms with Crippen LogP contribution in [0, 0.1) is 5.92 Å². The third-order valence-corrected chi connectivity index (χ3v) is 13.3. The molecule has 0 bridgehead atoms. The van der Waals surface area contributed by atoms with Crippen LogP contribution in [-0.2, 0) is 13.6 Å². The van der Waals surface area contributed by atoms with E-state index in [9.17, 15) is 10.2 Å². The second-order valence-electron chi connectivity index (χ2n) is 17.2. The highest BCUT2D eigenvalue weighted by molar-refractivity contribution is 6.64. The molecule has 2 N–H and O–H groups in total. The summed E-state index contributed by atoms with van der Waals surface area (Å²) in [5, 5.41) is 18.4. The van der Waals surface area contributed by atoms with E-state index in [1.54, 1.807) is 0 Å². The molecule has 0 radical (unpaired) electrons. The van der Waals surface area contributed by atoms with Crippen molar-refractivity contribution in [2.45, 2.75) is 238 Å². The van der Waals surface area contributed by atoms with Crippen molar-refractivity contribution in [1.29, 1.82) is 0 Å². The molecule has 322 valence electrons. The number of hydrogen-bond donors (Lipinski definition) is 2. The average molecular weight is 782 g/mol. The molecule has 0 amide bonds. The summed E-state index contributed by atoms with van der Waals surface area (Å²) in [6.07, 6.45) is 48.4. The van der Waals surface area contributed by atoms with Crippen LogP contribution >= 0.6 is 0 Å². The van der Waals surface area contributed by atoms with Gasteiger partial charge < -0.3 is 23.8 Å². The highest BCUT2D eigenvalue weighted by atomic mass is 28.4. The van der Waals surface area contributed by atoms with Crippen molar-refractivity contribution < 1.29 is 23.8 Å². The average Bonchev–Trinajstić information content (AvgIpc) is 3.16. The highest BCUT2D eigenvalue weighted by Crippen LogP contribution is 2.28. The van der Waals surface area contributed by atoms with E-state index in [-0.39, 0.29) is 19.5 Å². The van der Waals surface area contributed by atoms with Gasteiger partial charge in [-0.3, -0.25) is 4.90 Å². The largest absolute Gasteiger partial charge is 0.395 e. The van der Waals surface area contributed by atoms with Crippen molar-refractivity contribution in [1.82, 2.24) is 4.90 Å². The Kier molecular flexibility index (Phi) is 37.9. The summed E-state index contributed by atoms with van der Waals surface area (Å²) in [6.45, 7) is 10.7. The molecule has 0 saturated heterocycles. The highest BCUT2D eigenvalue weighted by Gasteiger charge is 2.29. The molecular weight excluding hydrogens is 687 g/mol. The van der Waals surface area contributed by atoms with Crippen LogP contribution in [0.25, 0.3) is 0 Å². The zero-order valence-electron chi connectivity index (χ0n) is 36.7. The smallest absolute Gasteiger partial charge is 0.333 e. The molecule has 54 heavy (non-hydrogen) atoms. The second kappa shape index (κ2) is 39.5. The fourth-order valence-corrected chi connectivity index (χ4v) is 9.62. The van der Waals surface area contributed by atoms with Crippen LogP contribution in [0.3, 0.4) is 0 Å². The molecule has 1 fully saturated rings. The van der Waals surface area contributed by atoms with Gasteiger partial charge in [0.1, 0.15) is 6.29 Å². The first-order valence-corrected chi connectivity index (χ1v) is 26.8. The first-order valence-electron chi connectivity index (χ1n) is 24.0. The Morgan fingerprint density at radius 1 is 0.574 bits per heavy atom. The SMILES string of the molecule is CCCCCCCC/C=C\CCCCCCCC(OCCCCCCCCCCCC1CCCCC1)O[Si](C)(C)OCCCCCCN(CCO)CCO. The van der Waals surface area contributed by atoms with Crippen molar-refractivity contribution in [2.24, 2.45) is 5.92 Å². The lowest BCUT2D eigenvalue weighted by Crippen LogP contribution is -2.40. The van der Waals surface area contributed by atoms with E-state index in [4.69, 9.17) is 13.6 Å². The molecule has 7 heteroatoms. The van der Waals surface area contributed by atoms with Crippen LogP contribution in [0.5, 0.6) is 0 Å². The molecule has 0 aromatic heterocycles. The third-order valence-electron chi connectivity index (χ3n) is 11.6. The number of aliphatic hydroxyl groups is 2. The van der Waals surface area contributed by atoms with Crippen molar-refractivity contribution in [3.63, 3.8) is 0 Å². The molecule has 0 aromatic rings. The van der Waals surface area contributed by atoms with E-state index in [1.165, 1.54) is 167 Å². The van der Waals surface area contributed by atoms with Gasteiger partial charge in [0.15, 0.2) is 0 Å². The van der Waals surface area contributed by atoms with Crippen LogP contribution in [0.4, 0.5) is 0 Å². The molecule has 1 atom stereocenters. The monoisotopic (exact) mass is 782 g/mol. The van der Waals surface area contributed by atoms with Gasteiger partial charge in [0.05, 0.1) is 13.2 Å². The van der Waals surface area contributed by atoms with E-state index < -0.39 is 8.56 Å². The lowest BCUT2D eigenvalue weighted by molar-refractivity contribution is -0.104. The molecule has 1 saturated carbocycles. The van der Waals surface area contributed by atoms with Crippen LogP contribution < -0.4 is 0 Å². The van der Waals surface area contributed by atoms with Gasteiger partial charge in [-0.05, 0) is 83.3 Å². The van der Waals surface area contributed by atoms with Crippen molar-refractivity contribution in [3.8, 4) is 0 Å². The maximum Gasteiger partial charge on any atom is 0.333 e. The predicted molar refractivity (Wildman–Crippen MR) is 236 cm³/mol. The van der Waals surface area contributed by atoms with E-state index >= 15 is 0 Å². The minimum Gasteiger partial charge on any atom is -0.395 e. The Morgan fingerprint density at radius 3 is 1.67 bits per heavy atom. The maximum absolute atomic E-state index is 9.22. The number of aliphatic hydroxyl groups excluding tert-OH is 2. The summed E-state index contributed by atoms with van der Waals surface area (Å²) in [5.41, 5.74) is 0. The van der Waals surface area contributed by atoms with Crippen LogP contribution in [0.1, 0.15) is 219 Å². The van der Waals surface area contributed by atoms with Crippen LogP contribution in [0.2, 0.25) is 13.1 Å². The summed E-state index contributed by atoms with van der Waals surface area (Å²) in [4.78, 5) is 2.14. The zero-order valence-corrected chi connectivity index (χ0v) is 37.7. The van der Waals surface area contributed by atoms with Crippen molar-refractivity contribution in [2.75, 3.05) is 46.1 Å². The lowest BCUT2D eigenvalue weighted by Gasteiger charge is -2.29. The number of ether oxygens (including phenoxy) is 1. The molecule has 6 nitrogen and oxygen atoms in total. The van der Waals surface area contributed by atoms with Gasteiger partial charge in [-0.1, -0.05) is 173 Å². The molecular formula is C47H95NO5Si. The fourth-order valence-electron chi connectivity index (χ4n) is 8.10. The summed E-state index contributed by atoms with van der Waals surface area (Å²) in [6, 6.07) is 0. The third kappa shape index (κ3) is 34.9. The van der Waals surface area contributed by atoms with Gasteiger partial charge in [0, 0.05) is 26.3 Å². The van der Waals surface area contributed by atoms with Gasteiger partial charge in [0.2, 0.25) is 0 Å². The first-order chi connectivity index (χ1) is 26.5. The molecule has 0 aromatic carbocycles. The molecule has 1 unspecified atom stereocenters. The Morgan fingerprint density at radius 2 is 1.07 bits per heavy atom. The van der Waals surface area contributed by atoms with Gasteiger partial charge in [-0.15, -0.1) is 0 Å². The first kappa shape index (κ1) is 51.7. The standard InChI is InChI=1S/C47H95NO5Si/c1-4-5-6-7-8-9-10-11-12-13-14-17-20-23-31-38-47(53-54(2,3)52-45-34-26-24-32-39-48(40-42-49)41-43-50)51-44-33-25-21-18-15-16-19-22-28-35-46-36-29-27-30-37-46/h11-12,46-47,49-50H,4-10,13-45H2,1-3H3/b12-11-. The number of hydrogen-bond acceptors (Lipinski definition) is 6. The van der Waals surface area contributed by atoms with E-state index in [1.807, 2.05) is 0 Å². The van der Waals surface area contributed by atoms with E-state index in [2.05, 4.69) is 37.1 Å². The molecule has 1 aliphatic rings. The Balaban J connectivity index is 2.25. The number of allylic oxidation sites excluding steroid dienone is 2. The van der Waals surface area contributed by atoms with Crippen LogP contribution in [-0.4, -0.2) is 76.0 Å². The number of nitrogens with zero attached hydrogens (tertiary/aromatic N) is 1. The quantitative estimate of drug-likeness (QED) is 0.0278. The van der Waals surface area contributed by atoms with Gasteiger partial charge in [-0.2, -0.15) is 0 Å². The van der Waals surface area contributed by atoms with Crippen molar-refractivity contribution in [3.05, 3.63) is 12.2 Å².